The number of carbonyl (C=O) groups excluding carboxylic acids is 1. The van der Waals surface area contributed by atoms with E-state index < -0.39 is 0 Å². The van der Waals surface area contributed by atoms with Crippen LogP contribution >= 0.6 is 0 Å². The van der Waals surface area contributed by atoms with Gasteiger partial charge in [0, 0.05) is 34.2 Å². The molecule has 7 heteroatoms. The first kappa shape index (κ1) is 18.0. The maximum absolute atomic E-state index is 12.6. The Morgan fingerprint density at radius 3 is 2.57 bits per heavy atom. The minimum absolute atomic E-state index is 0.0474. The molecule has 1 unspecified atom stereocenters. The van der Waals surface area contributed by atoms with E-state index in [-0.39, 0.29) is 17.4 Å². The molecular formula is C16H30N4O3. The van der Waals surface area contributed by atoms with Crippen LogP contribution in [0.1, 0.15) is 25.7 Å². The van der Waals surface area contributed by atoms with Crippen LogP contribution in [0.25, 0.3) is 0 Å². The van der Waals surface area contributed by atoms with Gasteiger partial charge in [0.15, 0.2) is 5.96 Å². The zero-order valence-electron chi connectivity index (χ0n) is 14.6. The second kappa shape index (κ2) is 8.49. The Hall–Kier alpha value is -1.34. The number of rotatable bonds is 5. The zero-order chi connectivity index (χ0) is 16.7. The van der Waals surface area contributed by atoms with Gasteiger partial charge in [-0.25, -0.2) is 0 Å². The molecule has 0 aromatic rings. The van der Waals surface area contributed by atoms with E-state index in [0.717, 1.165) is 25.7 Å². The lowest BCUT2D eigenvalue weighted by atomic mass is 9.84. The molecule has 1 saturated carbocycles. The average Bonchev–Trinajstić information content (AvgIpc) is 3.05. The Bertz CT molecular complexity index is 414. The van der Waals surface area contributed by atoms with E-state index in [2.05, 4.69) is 15.6 Å². The third-order valence-electron chi connectivity index (χ3n) is 4.62. The minimum atomic E-state index is -0.300. The molecule has 0 spiro atoms. The van der Waals surface area contributed by atoms with Crippen molar-refractivity contribution >= 4 is 11.9 Å². The van der Waals surface area contributed by atoms with Gasteiger partial charge in [0.2, 0.25) is 5.91 Å². The van der Waals surface area contributed by atoms with Gasteiger partial charge < -0.3 is 25.0 Å². The Morgan fingerprint density at radius 1 is 1.26 bits per heavy atom. The van der Waals surface area contributed by atoms with Crippen LogP contribution in [0.3, 0.4) is 0 Å². The minimum Gasteiger partial charge on any atom is -0.376 e. The quantitative estimate of drug-likeness (QED) is 0.558. The number of nitrogens with zero attached hydrogens (tertiary/aromatic N) is 2. The fourth-order valence-corrected chi connectivity index (χ4v) is 3.33. The van der Waals surface area contributed by atoms with E-state index in [0.29, 0.717) is 38.9 Å². The fraction of sp³-hybridized carbons (Fsp3) is 0.875. The van der Waals surface area contributed by atoms with Gasteiger partial charge in [-0.2, -0.15) is 0 Å². The van der Waals surface area contributed by atoms with Crippen molar-refractivity contribution in [2.24, 2.45) is 10.4 Å². The van der Waals surface area contributed by atoms with Crippen molar-refractivity contribution in [3.05, 3.63) is 0 Å². The monoisotopic (exact) mass is 326 g/mol. The molecule has 23 heavy (non-hydrogen) atoms. The highest BCUT2D eigenvalue weighted by Crippen LogP contribution is 2.38. The van der Waals surface area contributed by atoms with Crippen molar-refractivity contribution in [2.45, 2.75) is 31.8 Å². The molecule has 0 radical (unpaired) electrons. The molecule has 0 bridgehead atoms. The topological polar surface area (TPSA) is 75.2 Å². The first-order chi connectivity index (χ1) is 11.1. The highest BCUT2D eigenvalue weighted by atomic mass is 16.6. The summed E-state index contributed by atoms with van der Waals surface area (Å²) < 4.78 is 11.0. The third-order valence-corrected chi connectivity index (χ3v) is 4.62. The van der Waals surface area contributed by atoms with E-state index in [4.69, 9.17) is 9.47 Å². The highest BCUT2D eigenvalue weighted by Gasteiger charge is 2.42. The largest absolute Gasteiger partial charge is 0.376 e. The number of carbonyl (C=O) groups is 1. The molecule has 1 saturated heterocycles. The average molecular weight is 326 g/mol. The molecule has 1 amide bonds. The van der Waals surface area contributed by atoms with Crippen LogP contribution in [0.4, 0.5) is 0 Å². The Morgan fingerprint density at radius 2 is 2.00 bits per heavy atom. The first-order valence-electron chi connectivity index (χ1n) is 8.43. The molecule has 2 aliphatic rings. The zero-order valence-corrected chi connectivity index (χ0v) is 14.6. The van der Waals surface area contributed by atoms with Crippen LogP contribution in [0, 0.1) is 5.41 Å². The summed E-state index contributed by atoms with van der Waals surface area (Å²) in [4.78, 5) is 18.5. The molecule has 2 rings (SSSR count). The van der Waals surface area contributed by atoms with Crippen LogP contribution in [-0.4, -0.2) is 76.9 Å². The van der Waals surface area contributed by atoms with Gasteiger partial charge in [0.05, 0.1) is 31.3 Å². The number of aliphatic imine (C=N–C) groups is 1. The molecule has 0 aromatic carbocycles. The maximum atomic E-state index is 12.6. The second-order valence-corrected chi connectivity index (χ2v) is 6.56. The Labute approximate surface area is 138 Å². The fourth-order valence-electron chi connectivity index (χ4n) is 3.33. The molecule has 1 heterocycles. The molecule has 7 nitrogen and oxygen atoms in total. The molecular weight excluding hydrogens is 296 g/mol. The normalized spacial score (nSPS) is 24.3. The van der Waals surface area contributed by atoms with Gasteiger partial charge in [-0.3, -0.25) is 9.79 Å². The summed E-state index contributed by atoms with van der Waals surface area (Å²) in [5.74, 6) is 0.916. The van der Waals surface area contributed by atoms with Crippen LogP contribution in [-0.2, 0) is 14.3 Å². The number of guanidine groups is 1. The SMILES string of the molecule is CN=C(NCC1COCCO1)NCC1(C(=O)N(C)C)CCCC1. The molecule has 132 valence electrons. The van der Waals surface area contributed by atoms with E-state index >= 15 is 0 Å². The van der Waals surface area contributed by atoms with Crippen molar-refractivity contribution in [3.8, 4) is 0 Å². The summed E-state index contributed by atoms with van der Waals surface area (Å²) in [7, 11) is 5.40. The van der Waals surface area contributed by atoms with Crippen molar-refractivity contribution in [2.75, 3.05) is 54.1 Å². The predicted octanol–water partition coefficient (Wildman–Crippen LogP) is 0.215. The second-order valence-electron chi connectivity index (χ2n) is 6.56. The first-order valence-corrected chi connectivity index (χ1v) is 8.43. The van der Waals surface area contributed by atoms with Gasteiger partial charge in [0.1, 0.15) is 0 Å². The van der Waals surface area contributed by atoms with Gasteiger partial charge in [-0.15, -0.1) is 0 Å². The van der Waals surface area contributed by atoms with Crippen molar-refractivity contribution in [3.63, 3.8) is 0 Å². The van der Waals surface area contributed by atoms with Crippen molar-refractivity contribution in [1.29, 1.82) is 0 Å². The third kappa shape index (κ3) is 4.81. The van der Waals surface area contributed by atoms with Gasteiger partial charge in [-0.05, 0) is 12.8 Å². The Balaban J connectivity index is 1.84. The van der Waals surface area contributed by atoms with Crippen molar-refractivity contribution < 1.29 is 14.3 Å². The summed E-state index contributed by atoms with van der Waals surface area (Å²) in [5.41, 5.74) is -0.300. The summed E-state index contributed by atoms with van der Waals surface area (Å²) >= 11 is 0. The Kier molecular flexibility index (Phi) is 6.65. The highest BCUT2D eigenvalue weighted by molar-refractivity contribution is 5.85. The molecule has 1 atom stereocenters. The standard InChI is InChI=1S/C16H30N4O3/c1-17-15(18-10-13-11-22-8-9-23-13)19-12-16(6-4-5-7-16)14(21)20(2)3/h13H,4-12H2,1-3H3,(H2,17,18,19). The molecule has 1 aliphatic carbocycles. The maximum Gasteiger partial charge on any atom is 0.230 e. The number of hydrogen-bond acceptors (Lipinski definition) is 4. The summed E-state index contributed by atoms with van der Waals surface area (Å²) in [5, 5.41) is 6.58. The van der Waals surface area contributed by atoms with E-state index in [1.165, 1.54) is 0 Å². The number of ether oxygens (including phenoxy) is 2. The molecule has 2 N–H and O–H groups in total. The van der Waals surface area contributed by atoms with Crippen LogP contribution in [0.15, 0.2) is 4.99 Å². The molecule has 2 fully saturated rings. The predicted molar refractivity (Wildman–Crippen MR) is 89.5 cm³/mol. The van der Waals surface area contributed by atoms with E-state index in [1.54, 1.807) is 11.9 Å². The summed E-state index contributed by atoms with van der Waals surface area (Å²) in [6, 6.07) is 0. The van der Waals surface area contributed by atoms with Gasteiger partial charge >= 0.3 is 0 Å². The van der Waals surface area contributed by atoms with Gasteiger partial charge in [-0.1, -0.05) is 12.8 Å². The molecule has 0 aromatic heterocycles. The lowest BCUT2D eigenvalue weighted by molar-refractivity contribution is -0.138. The van der Waals surface area contributed by atoms with E-state index in [9.17, 15) is 4.79 Å². The van der Waals surface area contributed by atoms with Crippen molar-refractivity contribution in [1.82, 2.24) is 15.5 Å². The number of hydrogen-bond donors (Lipinski definition) is 2. The summed E-state index contributed by atoms with van der Waals surface area (Å²) in [6.45, 7) is 3.17. The van der Waals surface area contributed by atoms with E-state index in [1.807, 2.05) is 14.1 Å². The van der Waals surface area contributed by atoms with Gasteiger partial charge in [0.25, 0.3) is 0 Å². The van der Waals surface area contributed by atoms with Crippen LogP contribution in [0.5, 0.6) is 0 Å². The molecule has 1 aliphatic heterocycles. The number of amides is 1. The summed E-state index contributed by atoms with van der Waals surface area (Å²) in [6.07, 6.45) is 4.15. The number of nitrogens with one attached hydrogen (secondary N) is 2. The van der Waals surface area contributed by atoms with Crippen LogP contribution < -0.4 is 10.6 Å². The lowest BCUT2D eigenvalue weighted by Crippen LogP contribution is -2.50. The van der Waals surface area contributed by atoms with Crippen LogP contribution in [0.2, 0.25) is 0 Å². The lowest BCUT2D eigenvalue weighted by Gasteiger charge is -2.31. The smallest absolute Gasteiger partial charge is 0.230 e.